The maximum Gasteiger partial charge on any atom is 0.288 e. The Bertz CT molecular complexity index is 1170. The molecule has 3 rings (SSSR count). The number of aromatic hydroxyl groups is 1. The molecular weight excluding hydrogens is 386 g/mol. The van der Waals surface area contributed by atoms with Gasteiger partial charge in [0, 0.05) is 20.1 Å². The van der Waals surface area contributed by atoms with Gasteiger partial charge in [0.05, 0.1) is 11.3 Å². The monoisotopic (exact) mass is 409 g/mol. The summed E-state index contributed by atoms with van der Waals surface area (Å²) in [5, 5.41) is 20.9. The number of hydrogen-bond acceptors (Lipinski definition) is 6. The number of carbonyl (C=O) groups is 1. The van der Waals surface area contributed by atoms with Crippen molar-refractivity contribution < 1.29 is 9.90 Å². The summed E-state index contributed by atoms with van der Waals surface area (Å²) in [5.74, 6) is -0.718. The highest BCUT2D eigenvalue weighted by molar-refractivity contribution is 5.98. The molecule has 0 saturated carbocycles. The van der Waals surface area contributed by atoms with Crippen molar-refractivity contribution in [1.82, 2.24) is 15.1 Å². The van der Waals surface area contributed by atoms with Crippen molar-refractivity contribution in [1.29, 1.82) is 0 Å². The van der Waals surface area contributed by atoms with Crippen LogP contribution >= 0.6 is 0 Å². The van der Waals surface area contributed by atoms with Crippen LogP contribution in [-0.4, -0.2) is 40.2 Å². The van der Waals surface area contributed by atoms with Crippen molar-refractivity contribution in [2.24, 2.45) is 0 Å². The predicted octanol–water partition coefficient (Wildman–Crippen LogP) is 2.39. The fraction of sp³-hybridized carbons (Fsp3) is 0.190. The highest BCUT2D eigenvalue weighted by Gasteiger charge is 2.20. The topological polar surface area (TPSA) is 130 Å². The second-order valence-corrected chi connectivity index (χ2v) is 6.96. The zero-order chi connectivity index (χ0) is 21.8. The predicted molar refractivity (Wildman–Crippen MR) is 116 cm³/mol. The summed E-state index contributed by atoms with van der Waals surface area (Å²) in [5.41, 5.74) is -0.0941. The number of para-hydroxylation sites is 1. The van der Waals surface area contributed by atoms with Crippen molar-refractivity contribution in [2.75, 3.05) is 24.7 Å². The minimum atomic E-state index is -0.596. The van der Waals surface area contributed by atoms with Gasteiger partial charge in [0.1, 0.15) is 11.4 Å². The van der Waals surface area contributed by atoms with Crippen molar-refractivity contribution in [2.45, 2.75) is 13.0 Å². The molecule has 1 amide bonds. The molecule has 0 spiro atoms. The van der Waals surface area contributed by atoms with Crippen LogP contribution in [-0.2, 0) is 0 Å². The Morgan fingerprint density at radius 3 is 2.23 bits per heavy atom. The third kappa shape index (κ3) is 4.19. The van der Waals surface area contributed by atoms with Crippen LogP contribution in [0.25, 0.3) is 0 Å². The third-order valence-electron chi connectivity index (χ3n) is 4.59. The molecule has 0 aliphatic rings. The largest absolute Gasteiger partial charge is 0.505 e. The van der Waals surface area contributed by atoms with Gasteiger partial charge in [-0.05, 0) is 24.6 Å². The van der Waals surface area contributed by atoms with E-state index in [9.17, 15) is 19.5 Å². The summed E-state index contributed by atoms with van der Waals surface area (Å²) in [6.45, 7) is 1.85. The fourth-order valence-electron chi connectivity index (χ4n) is 2.96. The second-order valence-electron chi connectivity index (χ2n) is 6.96. The molecule has 0 unspecified atom stereocenters. The van der Waals surface area contributed by atoms with Crippen LogP contribution < -0.4 is 21.8 Å². The van der Waals surface area contributed by atoms with Gasteiger partial charge >= 0.3 is 0 Å². The van der Waals surface area contributed by atoms with E-state index in [-0.39, 0.29) is 34.4 Å². The number of nitrogens with zero attached hydrogens (tertiary/aromatic N) is 1. The average molecular weight is 409 g/mol. The molecule has 3 aromatic rings. The first-order valence-electron chi connectivity index (χ1n) is 9.26. The van der Waals surface area contributed by atoms with Gasteiger partial charge in [-0.15, -0.1) is 0 Å². The lowest BCUT2D eigenvalue weighted by Crippen LogP contribution is -2.27. The number of phenols is 1. The number of amides is 1. The summed E-state index contributed by atoms with van der Waals surface area (Å²) in [4.78, 5) is 38.5. The number of anilines is 3. The number of nitrogens with one attached hydrogen (secondary N) is 4. The molecule has 0 aliphatic heterocycles. The van der Waals surface area contributed by atoms with E-state index >= 15 is 0 Å². The molecule has 0 saturated heterocycles. The summed E-state index contributed by atoms with van der Waals surface area (Å²) >= 11 is 0. The zero-order valence-corrected chi connectivity index (χ0v) is 16.8. The summed E-state index contributed by atoms with van der Waals surface area (Å²) in [7, 11) is 3.13. The van der Waals surface area contributed by atoms with Crippen molar-refractivity contribution in [3.63, 3.8) is 0 Å². The van der Waals surface area contributed by atoms with Gasteiger partial charge in [-0.3, -0.25) is 24.6 Å². The molecular formula is C21H23N5O4. The Morgan fingerprint density at radius 1 is 0.967 bits per heavy atom. The van der Waals surface area contributed by atoms with E-state index in [0.717, 1.165) is 5.56 Å². The van der Waals surface area contributed by atoms with Crippen molar-refractivity contribution >= 4 is 23.0 Å². The maximum absolute atomic E-state index is 12.5. The van der Waals surface area contributed by atoms with E-state index < -0.39 is 17.0 Å². The van der Waals surface area contributed by atoms with Gasteiger partial charge in [0.15, 0.2) is 5.75 Å². The molecule has 5 N–H and O–H groups in total. The lowest BCUT2D eigenvalue weighted by Gasteiger charge is -2.19. The lowest BCUT2D eigenvalue weighted by atomic mass is 10.1. The maximum atomic E-state index is 12.5. The fourth-order valence-corrected chi connectivity index (χ4v) is 2.96. The smallest absolute Gasteiger partial charge is 0.288 e. The lowest BCUT2D eigenvalue weighted by molar-refractivity contribution is 0.0824. The number of H-pyrrole nitrogens is 2. The molecule has 0 aliphatic carbocycles. The number of hydrogen-bond donors (Lipinski definition) is 5. The van der Waals surface area contributed by atoms with E-state index in [0.29, 0.717) is 0 Å². The molecule has 2 aromatic carbocycles. The first-order chi connectivity index (χ1) is 14.3. The Balaban J connectivity index is 2.01. The number of benzene rings is 2. The SMILES string of the molecule is C[C@@H](Nc1c(Nc2cccc(C(=O)N(C)C)c2O)c(=O)[nH][nH]c1=O)c1ccccc1. The highest BCUT2D eigenvalue weighted by atomic mass is 16.3. The standard InChI is InChI=1S/C21H23N5O4/c1-12(13-8-5-4-6-9-13)22-16-17(20(29)25-24-19(16)28)23-15-11-7-10-14(18(15)27)21(30)26(2)3/h4-12,27H,1-3H3,(H2,22,25,29)(H2,23,24,28)/t12-/m1/s1. The molecule has 0 fully saturated rings. The van der Waals surface area contributed by atoms with Gasteiger partial charge in [-0.1, -0.05) is 36.4 Å². The molecule has 9 nitrogen and oxygen atoms in total. The summed E-state index contributed by atoms with van der Waals surface area (Å²) in [6.07, 6.45) is 0. The minimum absolute atomic E-state index is 0.0128. The molecule has 1 heterocycles. The van der Waals surface area contributed by atoms with Crippen molar-refractivity contribution in [3.05, 3.63) is 80.4 Å². The van der Waals surface area contributed by atoms with E-state index in [4.69, 9.17) is 0 Å². The molecule has 30 heavy (non-hydrogen) atoms. The van der Waals surface area contributed by atoms with Crippen LogP contribution in [0.5, 0.6) is 5.75 Å². The van der Waals surface area contributed by atoms with Crippen LogP contribution in [0.4, 0.5) is 17.1 Å². The number of aromatic amines is 2. The Kier molecular flexibility index (Phi) is 5.91. The minimum Gasteiger partial charge on any atom is -0.505 e. The van der Waals surface area contributed by atoms with Gasteiger partial charge in [-0.2, -0.15) is 0 Å². The van der Waals surface area contributed by atoms with Crippen LogP contribution in [0, 0.1) is 0 Å². The molecule has 156 valence electrons. The first-order valence-corrected chi connectivity index (χ1v) is 9.26. The molecule has 1 aromatic heterocycles. The third-order valence-corrected chi connectivity index (χ3v) is 4.59. The molecule has 0 bridgehead atoms. The Morgan fingerprint density at radius 2 is 1.60 bits per heavy atom. The number of aromatic nitrogens is 2. The van der Waals surface area contributed by atoms with Crippen LogP contribution in [0.1, 0.15) is 28.9 Å². The van der Waals surface area contributed by atoms with Crippen LogP contribution in [0.3, 0.4) is 0 Å². The number of rotatable bonds is 6. The highest BCUT2D eigenvalue weighted by Crippen LogP contribution is 2.31. The van der Waals surface area contributed by atoms with Gasteiger partial charge in [0.2, 0.25) is 0 Å². The van der Waals surface area contributed by atoms with E-state index in [1.165, 1.54) is 17.0 Å². The van der Waals surface area contributed by atoms with Gasteiger partial charge < -0.3 is 20.6 Å². The van der Waals surface area contributed by atoms with Crippen molar-refractivity contribution in [3.8, 4) is 5.75 Å². The summed E-state index contributed by atoms with van der Waals surface area (Å²) < 4.78 is 0. The van der Waals surface area contributed by atoms with Crippen LogP contribution in [0.2, 0.25) is 0 Å². The number of phenolic OH excluding ortho intramolecular Hbond substituents is 1. The quantitative estimate of drug-likeness (QED) is 0.398. The van der Waals surface area contributed by atoms with E-state index in [2.05, 4.69) is 20.8 Å². The van der Waals surface area contributed by atoms with E-state index in [1.54, 1.807) is 20.2 Å². The average Bonchev–Trinajstić information content (AvgIpc) is 2.74. The van der Waals surface area contributed by atoms with Crippen LogP contribution in [0.15, 0.2) is 58.1 Å². The molecule has 0 radical (unpaired) electrons. The number of carbonyl (C=O) groups excluding carboxylic acids is 1. The van der Waals surface area contributed by atoms with Gasteiger partial charge in [0.25, 0.3) is 17.0 Å². The molecule has 1 atom stereocenters. The zero-order valence-electron chi connectivity index (χ0n) is 16.8. The second kappa shape index (κ2) is 8.56. The molecule has 9 heteroatoms. The Hall–Kier alpha value is -4.01. The van der Waals surface area contributed by atoms with Gasteiger partial charge in [-0.25, -0.2) is 0 Å². The van der Waals surface area contributed by atoms with E-state index in [1.807, 2.05) is 37.3 Å². The first kappa shape index (κ1) is 20.7. The Labute approximate surface area is 172 Å². The normalized spacial score (nSPS) is 11.6. The summed E-state index contributed by atoms with van der Waals surface area (Å²) in [6, 6.07) is 13.7.